The fraction of sp³-hybridized carbons (Fsp3) is 0.0488. The summed E-state index contributed by atoms with van der Waals surface area (Å²) >= 11 is 1.94. The zero-order chi connectivity index (χ0) is 29.5. The molecule has 1 aliphatic carbocycles. The molecule has 0 bridgehead atoms. The average molecular weight is 594 g/mol. The zero-order valence-electron chi connectivity index (χ0n) is 24.4. The lowest BCUT2D eigenvalue weighted by Crippen LogP contribution is -2.03. The van der Waals surface area contributed by atoms with Gasteiger partial charge >= 0.3 is 0 Å². The van der Waals surface area contributed by atoms with Crippen molar-refractivity contribution >= 4 is 76.8 Å². The molecular formula is C41H27N3S. The Morgan fingerprint density at radius 1 is 0.511 bits per heavy atom. The van der Waals surface area contributed by atoms with E-state index in [0.717, 1.165) is 29.9 Å². The third kappa shape index (κ3) is 3.66. The Labute approximate surface area is 263 Å². The van der Waals surface area contributed by atoms with Crippen molar-refractivity contribution < 1.29 is 0 Å². The number of nitrogens with zero attached hydrogens (tertiary/aromatic N) is 3. The van der Waals surface area contributed by atoms with Crippen LogP contribution in [0.5, 0.6) is 0 Å². The van der Waals surface area contributed by atoms with E-state index >= 15 is 0 Å². The number of hydrogen-bond donors (Lipinski definition) is 0. The number of rotatable bonds is 3. The summed E-state index contributed by atoms with van der Waals surface area (Å²) in [6, 6.07) is 48.1. The quantitative estimate of drug-likeness (QED) is 0.200. The van der Waals surface area contributed by atoms with Crippen LogP contribution >= 0.6 is 11.3 Å². The molecule has 0 unspecified atom stereocenters. The summed E-state index contributed by atoms with van der Waals surface area (Å²) in [7, 11) is 0. The minimum Gasteiger partial charge on any atom is -0.313 e. The van der Waals surface area contributed by atoms with Crippen molar-refractivity contribution in [2.75, 3.05) is 0 Å². The number of thiophene rings is 1. The average Bonchev–Trinajstić information content (AvgIpc) is 3.75. The van der Waals surface area contributed by atoms with Gasteiger partial charge in [0.1, 0.15) is 5.82 Å². The van der Waals surface area contributed by atoms with E-state index in [1.54, 1.807) is 0 Å². The summed E-state index contributed by atoms with van der Waals surface area (Å²) in [5, 5.41) is 6.43. The third-order valence-corrected chi connectivity index (χ3v) is 10.7. The van der Waals surface area contributed by atoms with Gasteiger partial charge in [0, 0.05) is 47.8 Å². The van der Waals surface area contributed by atoms with Crippen molar-refractivity contribution in [3.05, 3.63) is 144 Å². The maximum atomic E-state index is 5.26. The number of hydrogen-bond acceptors (Lipinski definition) is 2. The van der Waals surface area contributed by atoms with Crippen molar-refractivity contribution in [2.45, 2.75) is 12.8 Å². The van der Waals surface area contributed by atoms with Crippen LogP contribution in [0.25, 0.3) is 82.5 Å². The smallest absolute Gasteiger partial charge is 0.138 e. The lowest BCUT2D eigenvalue weighted by Gasteiger charge is -2.17. The molecule has 45 heavy (non-hydrogen) atoms. The first-order valence-corrected chi connectivity index (χ1v) is 16.3. The van der Waals surface area contributed by atoms with Gasteiger partial charge in [0.25, 0.3) is 0 Å². The second kappa shape index (κ2) is 9.52. The molecule has 1 aliphatic rings. The van der Waals surface area contributed by atoms with Gasteiger partial charge in [-0.25, -0.2) is 4.98 Å². The standard InChI is InChI=1S/C41H27N3S/c1-5-15-35-28(10-1)29-11-2-6-16-36(29)43(35)27-21-23-40-33(25-27)32-24-26(20-22-39(32)45-40)34-14-9-19-41(42-34)44-37-17-7-3-12-30(37)31-13-4-8-18-38(31)44/h1-20,22,24-25H,21,23H2. The predicted molar refractivity (Wildman–Crippen MR) is 191 cm³/mol. The Morgan fingerprint density at radius 2 is 1.09 bits per heavy atom. The van der Waals surface area contributed by atoms with Crippen LogP contribution in [0.15, 0.2) is 133 Å². The van der Waals surface area contributed by atoms with E-state index in [0.29, 0.717) is 0 Å². The highest BCUT2D eigenvalue weighted by Gasteiger charge is 2.21. The van der Waals surface area contributed by atoms with E-state index in [4.69, 9.17) is 4.98 Å². The monoisotopic (exact) mass is 593 g/mol. The Bertz CT molecular complexity index is 2560. The van der Waals surface area contributed by atoms with Crippen LogP contribution in [0.2, 0.25) is 0 Å². The summed E-state index contributed by atoms with van der Waals surface area (Å²) in [5.74, 6) is 0.936. The number of benzene rings is 5. The molecule has 4 aromatic heterocycles. The molecule has 3 nitrogen and oxygen atoms in total. The van der Waals surface area contributed by atoms with Crippen molar-refractivity contribution in [2.24, 2.45) is 0 Å². The van der Waals surface area contributed by atoms with E-state index in [-0.39, 0.29) is 0 Å². The van der Waals surface area contributed by atoms with Crippen LogP contribution in [0, 0.1) is 0 Å². The third-order valence-electron chi connectivity index (χ3n) is 9.43. The largest absolute Gasteiger partial charge is 0.313 e. The van der Waals surface area contributed by atoms with Crippen LogP contribution < -0.4 is 0 Å². The van der Waals surface area contributed by atoms with E-state index in [1.165, 1.54) is 69.8 Å². The lowest BCUT2D eigenvalue weighted by atomic mass is 9.98. The molecule has 0 aliphatic heterocycles. The number of aromatic nitrogens is 3. The molecule has 0 fully saturated rings. The Balaban J connectivity index is 1.12. The van der Waals surface area contributed by atoms with Crippen molar-refractivity contribution in [3.8, 4) is 17.1 Å². The first-order chi connectivity index (χ1) is 22.3. The van der Waals surface area contributed by atoms with Gasteiger partial charge in [-0.1, -0.05) is 84.9 Å². The summed E-state index contributed by atoms with van der Waals surface area (Å²) in [5.41, 5.74) is 9.75. The topological polar surface area (TPSA) is 22.8 Å². The molecule has 5 aromatic carbocycles. The summed E-state index contributed by atoms with van der Waals surface area (Å²) in [6.07, 6.45) is 4.53. The fourth-order valence-corrected chi connectivity index (χ4v) is 8.60. The van der Waals surface area contributed by atoms with E-state index in [1.807, 2.05) is 11.3 Å². The maximum Gasteiger partial charge on any atom is 0.138 e. The molecule has 4 heteroatoms. The molecule has 0 saturated carbocycles. The van der Waals surface area contributed by atoms with Crippen LogP contribution in [-0.4, -0.2) is 14.1 Å². The highest BCUT2D eigenvalue weighted by molar-refractivity contribution is 7.19. The Morgan fingerprint density at radius 3 is 1.71 bits per heavy atom. The highest BCUT2D eigenvalue weighted by Crippen LogP contribution is 2.42. The first-order valence-electron chi connectivity index (χ1n) is 15.5. The predicted octanol–water partition coefficient (Wildman–Crippen LogP) is 11.1. The molecule has 0 atom stereocenters. The lowest BCUT2D eigenvalue weighted by molar-refractivity contribution is 0.968. The van der Waals surface area contributed by atoms with Crippen LogP contribution in [0.4, 0.5) is 0 Å². The van der Waals surface area contributed by atoms with Gasteiger partial charge in [0.2, 0.25) is 0 Å². The number of pyridine rings is 1. The van der Waals surface area contributed by atoms with Gasteiger partial charge in [-0.05, 0) is 73.0 Å². The number of para-hydroxylation sites is 4. The SMILES string of the molecule is C1=C(n2c3ccccc3c3ccccc32)CCc2sc3ccc(-c4cccc(-n5c6ccccc6c6ccccc65)n4)cc3c21. The minimum atomic E-state index is 0.936. The zero-order valence-corrected chi connectivity index (χ0v) is 25.3. The Hall–Kier alpha value is -5.45. The van der Waals surface area contributed by atoms with Crippen LogP contribution in [0.1, 0.15) is 16.9 Å². The van der Waals surface area contributed by atoms with Crippen LogP contribution in [-0.2, 0) is 6.42 Å². The van der Waals surface area contributed by atoms with Crippen molar-refractivity contribution in [1.29, 1.82) is 0 Å². The van der Waals surface area contributed by atoms with E-state index < -0.39 is 0 Å². The Kier molecular flexibility index (Phi) is 5.28. The van der Waals surface area contributed by atoms with Gasteiger partial charge in [-0.2, -0.15) is 0 Å². The molecule has 9 aromatic rings. The molecule has 212 valence electrons. The molecule has 10 rings (SSSR count). The summed E-state index contributed by atoms with van der Waals surface area (Å²) in [4.78, 5) is 6.73. The maximum absolute atomic E-state index is 5.26. The molecule has 0 spiro atoms. The van der Waals surface area contributed by atoms with E-state index in [2.05, 4.69) is 149 Å². The van der Waals surface area contributed by atoms with E-state index in [9.17, 15) is 0 Å². The van der Waals surface area contributed by atoms with Gasteiger partial charge in [-0.3, -0.25) is 4.57 Å². The molecule has 0 radical (unpaired) electrons. The second-order valence-electron chi connectivity index (χ2n) is 11.9. The van der Waals surface area contributed by atoms with Crippen molar-refractivity contribution in [1.82, 2.24) is 14.1 Å². The normalized spacial score (nSPS) is 13.3. The van der Waals surface area contributed by atoms with Gasteiger partial charge in [0.15, 0.2) is 0 Å². The van der Waals surface area contributed by atoms with Gasteiger partial charge in [0.05, 0.1) is 27.8 Å². The van der Waals surface area contributed by atoms with Gasteiger partial charge in [-0.15, -0.1) is 11.3 Å². The van der Waals surface area contributed by atoms with Gasteiger partial charge < -0.3 is 4.57 Å². The molecule has 0 saturated heterocycles. The first kappa shape index (κ1) is 24.9. The minimum absolute atomic E-state index is 0.936. The number of aryl methyl sites for hydroxylation is 1. The van der Waals surface area contributed by atoms with Crippen molar-refractivity contribution in [3.63, 3.8) is 0 Å². The molecule has 4 heterocycles. The molecular weight excluding hydrogens is 567 g/mol. The van der Waals surface area contributed by atoms with Crippen LogP contribution in [0.3, 0.4) is 0 Å². The summed E-state index contributed by atoms with van der Waals surface area (Å²) in [6.45, 7) is 0. The number of fused-ring (bicyclic) bond motifs is 9. The molecule has 0 amide bonds. The molecule has 0 N–H and O–H groups in total. The summed E-state index contributed by atoms with van der Waals surface area (Å²) < 4.78 is 6.11. The fourth-order valence-electron chi connectivity index (χ4n) is 7.44. The second-order valence-corrected chi connectivity index (χ2v) is 13.0. The highest BCUT2D eigenvalue weighted by atomic mass is 32.1. The number of allylic oxidation sites excluding steroid dienone is 1.